The lowest BCUT2D eigenvalue weighted by molar-refractivity contribution is 0.360. The summed E-state index contributed by atoms with van der Waals surface area (Å²) < 4.78 is 1.77. The molecular formula is C14H26ClN3. The first-order valence-corrected chi connectivity index (χ1v) is 7.23. The van der Waals surface area contributed by atoms with Crippen LogP contribution in [0.3, 0.4) is 0 Å². The van der Waals surface area contributed by atoms with E-state index in [4.69, 9.17) is 11.6 Å². The second-order valence-electron chi connectivity index (χ2n) is 5.39. The van der Waals surface area contributed by atoms with Crippen LogP contribution in [0.1, 0.15) is 38.4 Å². The maximum Gasteiger partial charge on any atom is 0.130 e. The van der Waals surface area contributed by atoms with E-state index >= 15 is 0 Å². The summed E-state index contributed by atoms with van der Waals surface area (Å²) in [6.07, 6.45) is 2.18. The largest absolute Gasteiger partial charge is 0.316 e. The van der Waals surface area contributed by atoms with Crippen LogP contribution in [-0.4, -0.2) is 22.9 Å². The van der Waals surface area contributed by atoms with Gasteiger partial charge in [0.05, 0.1) is 5.69 Å². The molecule has 104 valence electrons. The quantitative estimate of drug-likeness (QED) is 0.772. The first-order chi connectivity index (χ1) is 8.47. The van der Waals surface area contributed by atoms with E-state index in [1.54, 1.807) is 4.68 Å². The predicted octanol–water partition coefficient (Wildman–Crippen LogP) is 3.20. The van der Waals surface area contributed by atoms with Gasteiger partial charge in [-0.1, -0.05) is 32.4 Å². The zero-order valence-corrected chi connectivity index (χ0v) is 13.0. The molecule has 0 aromatic carbocycles. The fraction of sp³-hybridized carbons (Fsp3) is 0.786. The van der Waals surface area contributed by atoms with E-state index in [0.29, 0.717) is 11.8 Å². The number of rotatable bonds is 7. The van der Waals surface area contributed by atoms with Crippen molar-refractivity contribution >= 4 is 11.6 Å². The third-order valence-electron chi connectivity index (χ3n) is 3.51. The Morgan fingerprint density at radius 3 is 2.50 bits per heavy atom. The van der Waals surface area contributed by atoms with Crippen molar-refractivity contribution < 1.29 is 0 Å². The van der Waals surface area contributed by atoms with Crippen molar-refractivity contribution in [2.75, 3.05) is 13.1 Å². The highest BCUT2D eigenvalue weighted by Gasteiger charge is 2.19. The molecular weight excluding hydrogens is 246 g/mol. The number of aromatic nitrogens is 2. The minimum Gasteiger partial charge on any atom is -0.316 e. The van der Waals surface area contributed by atoms with E-state index in [9.17, 15) is 0 Å². The monoisotopic (exact) mass is 271 g/mol. The number of aryl methyl sites for hydroxylation is 2. The minimum atomic E-state index is 0.608. The van der Waals surface area contributed by atoms with Crippen LogP contribution in [0.15, 0.2) is 0 Å². The van der Waals surface area contributed by atoms with Gasteiger partial charge in [-0.05, 0) is 44.7 Å². The van der Waals surface area contributed by atoms with Gasteiger partial charge in [0.25, 0.3) is 0 Å². The van der Waals surface area contributed by atoms with Crippen molar-refractivity contribution in [1.29, 1.82) is 0 Å². The number of nitrogens with one attached hydrogen (secondary N) is 1. The maximum atomic E-state index is 6.30. The first-order valence-electron chi connectivity index (χ1n) is 6.86. The van der Waals surface area contributed by atoms with Crippen LogP contribution >= 0.6 is 11.6 Å². The second-order valence-corrected chi connectivity index (χ2v) is 5.75. The average Bonchev–Trinajstić information content (AvgIpc) is 2.54. The molecule has 3 nitrogen and oxygen atoms in total. The van der Waals surface area contributed by atoms with Crippen LogP contribution in [0, 0.1) is 18.8 Å². The van der Waals surface area contributed by atoms with Gasteiger partial charge in [-0.15, -0.1) is 0 Å². The van der Waals surface area contributed by atoms with Gasteiger partial charge in [-0.25, -0.2) is 0 Å². The van der Waals surface area contributed by atoms with Gasteiger partial charge in [-0.2, -0.15) is 5.10 Å². The Morgan fingerprint density at radius 1 is 1.39 bits per heavy atom. The summed E-state index contributed by atoms with van der Waals surface area (Å²) in [6, 6.07) is 0. The Balaban J connectivity index is 2.70. The molecule has 1 N–H and O–H groups in total. The summed E-state index contributed by atoms with van der Waals surface area (Å²) in [4.78, 5) is 0. The van der Waals surface area contributed by atoms with Crippen molar-refractivity contribution in [3.63, 3.8) is 0 Å². The Kier molecular flexibility index (Phi) is 6.16. The van der Waals surface area contributed by atoms with Crippen LogP contribution in [0.5, 0.6) is 0 Å². The van der Waals surface area contributed by atoms with Gasteiger partial charge < -0.3 is 5.32 Å². The van der Waals surface area contributed by atoms with E-state index in [1.807, 2.05) is 14.0 Å². The van der Waals surface area contributed by atoms with Gasteiger partial charge in [0, 0.05) is 12.6 Å². The Labute approximate surface area is 116 Å². The second kappa shape index (κ2) is 7.15. The number of halogens is 1. The van der Waals surface area contributed by atoms with E-state index in [1.165, 1.54) is 12.0 Å². The van der Waals surface area contributed by atoms with Crippen molar-refractivity contribution in [2.24, 2.45) is 18.9 Å². The lowest BCUT2D eigenvalue weighted by Gasteiger charge is -2.21. The summed E-state index contributed by atoms with van der Waals surface area (Å²) in [5.41, 5.74) is 2.26. The third-order valence-corrected chi connectivity index (χ3v) is 3.99. The molecule has 0 saturated heterocycles. The minimum absolute atomic E-state index is 0.608. The molecule has 1 unspecified atom stereocenters. The molecule has 4 heteroatoms. The molecule has 1 aromatic rings. The van der Waals surface area contributed by atoms with Crippen molar-refractivity contribution in [3.8, 4) is 0 Å². The molecule has 1 atom stereocenters. The van der Waals surface area contributed by atoms with E-state index in [-0.39, 0.29) is 0 Å². The highest BCUT2D eigenvalue weighted by atomic mass is 35.5. The normalized spacial score (nSPS) is 13.3. The van der Waals surface area contributed by atoms with Crippen molar-refractivity contribution in [1.82, 2.24) is 15.1 Å². The molecule has 0 aliphatic carbocycles. The summed E-state index contributed by atoms with van der Waals surface area (Å²) in [5.74, 6) is 1.25. The lowest BCUT2D eigenvalue weighted by Crippen LogP contribution is -2.28. The van der Waals surface area contributed by atoms with Crippen LogP contribution < -0.4 is 5.32 Å². The van der Waals surface area contributed by atoms with E-state index < -0.39 is 0 Å². The van der Waals surface area contributed by atoms with Gasteiger partial charge in [0.2, 0.25) is 0 Å². The van der Waals surface area contributed by atoms with Crippen LogP contribution in [0.2, 0.25) is 5.15 Å². The standard InChI is InChI=1S/C14H26ClN3/c1-6-7-16-9-12(10(2)3)8-13-11(4)17-18(5)14(13)15/h10,12,16H,6-9H2,1-5H3. The maximum absolute atomic E-state index is 6.30. The fourth-order valence-corrected chi connectivity index (χ4v) is 2.43. The molecule has 0 saturated carbocycles. The molecule has 1 heterocycles. The molecule has 0 amide bonds. The lowest BCUT2D eigenvalue weighted by atomic mass is 9.89. The summed E-state index contributed by atoms with van der Waals surface area (Å²) in [5, 5.41) is 8.68. The molecule has 0 radical (unpaired) electrons. The van der Waals surface area contributed by atoms with Gasteiger partial charge in [0.1, 0.15) is 5.15 Å². The first kappa shape index (κ1) is 15.5. The average molecular weight is 272 g/mol. The molecule has 0 fully saturated rings. The smallest absolute Gasteiger partial charge is 0.130 e. The van der Waals surface area contributed by atoms with Crippen LogP contribution in [0.25, 0.3) is 0 Å². The zero-order valence-electron chi connectivity index (χ0n) is 12.3. The fourth-order valence-electron chi connectivity index (χ4n) is 2.18. The number of hydrogen-bond acceptors (Lipinski definition) is 2. The molecule has 0 aliphatic heterocycles. The number of nitrogens with zero attached hydrogens (tertiary/aromatic N) is 2. The molecule has 0 bridgehead atoms. The predicted molar refractivity (Wildman–Crippen MR) is 78.1 cm³/mol. The van der Waals surface area contributed by atoms with E-state index in [2.05, 4.69) is 31.2 Å². The molecule has 0 aliphatic rings. The highest BCUT2D eigenvalue weighted by Crippen LogP contribution is 2.25. The molecule has 1 aromatic heterocycles. The van der Waals surface area contributed by atoms with Gasteiger partial charge in [0.15, 0.2) is 0 Å². The summed E-state index contributed by atoms with van der Waals surface area (Å²) in [7, 11) is 1.90. The Bertz CT molecular complexity index is 371. The summed E-state index contributed by atoms with van der Waals surface area (Å²) >= 11 is 6.30. The molecule has 1 rings (SSSR count). The zero-order chi connectivity index (χ0) is 13.7. The third kappa shape index (κ3) is 3.99. The number of hydrogen-bond donors (Lipinski definition) is 1. The highest BCUT2D eigenvalue weighted by molar-refractivity contribution is 6.30. The van der Waals surface area contributed by atoms with Gasteiger partial charge >= 0.3 is 0 Å². The van der Waals surface area contributed by atoms with Gasteiger partial charge in [-0.3, -0.25) is 4.68 Å². The SMILES string of the molecule is CCCNCC(Cc1c(C)nn(C)c1Cl)C(C)C. The molecule has 18 heavy (non-hydrogen) atoms. The van der Waals surface area contributed by atoms with Crippen LogP contribution in [-0.2, 0) is 13.5 Å². The van der Waals surface area contributed by atoms with Crippen LogP contribution in [0.4, 0.5) is 0 Å². The van der Waals surface area contributed by atoms with Crippen molar-refractivity contribution in [2.45, 2.75) is 40.5 Å². The Morgan fingerprint density at radius 2 is 2.06 bits per heavy atom. The summed E-state index contributed by atoms with van der Waals surface area (Å²) in [6.45, 7) is 10.9. The Hall–Kier alpha value is -0.540. The molecule has 0 spiro atoms. The topological polar surface area (TPSA) is 29.9 Å². The van der Waals surface area contributed by atoms with Crippen molar-refractivity contribution in [3.05, 3.63) is 16.4 Å². The van der Waals surface area contributed by atoms with E-state index in [0.717, 1.165) is 30.4 Å².